The van der Waals surface area contributed by atoms with Crippen LogP contribution in [0.4, 0.5) is 5.69 Å². The Hall–Kier alpha value is -3.19. The number of nitrogens with one attached hydrogen (secondary N) is 1. The van der Waals surface area contributed by atoms with Gasteiger partial charge in [0, 0.05) is 25.9 Å². The summed E-state index contributed by atoms with van der Waals surface area (Å²) < 4.78 is 10.5. The molecule has 1 aliphatic heterocycles. The molecule has 1 heterocycles. The first kappa shape index (κ1) is 21.5. The van der Waals surface area contributed by atoms with E-state index in [1.807, 2.05) is 30.3 Å². The first-order valence-corrected chi connectivity index (χ1v) is 10.1. The molecule has 158 valence electrons. The van der Waals surface area contributed by atoms with Gasteiger partial charge in [0.2, 0.25) is 5.91 Å². The maximum atomic E-state index is 12.7. The molecular weight excluding hydrogens is 384 g/mol. The van der Waals surface area contributed by atoms with Crippen LogP contribution in [0.5, 0.6) is 0 Å². The number of amides is 2. The van der Waals surface area contributed by atoms with Crippen LogP contribution < -0.4 is 5.32 Å². The maximum Gasteiger partial charge on any atom is 0.306 e. The lowest BCUT2D eigenvalue weighted by Gasteiger charge is -2.27. The van der Waals surface area contributed by atoms with Gasteiger partial charge in [-0.1, -0.05) is 42.5 Å². The van der Waals surface area contributed by atoms with Crippen molar-refractivity contribution >= 4 is 23.5 Å². The molecule has 30 heavy (non-hydrogen) atoms. The number of para-hydroxylation sites is 1. The lowest BCUT2D eigenvalue weighted by molar-refractivity contribution is -0.144. The Morgan fingerprint density at radius 1 is 0.933 bits per heavy atom. The number of nitrogens with zero attached hydrogens (tertiary/aromatic N) is 1. The molecule has 1 fully saturated rings. The van der Waals surface area contributed by atoms with E-state index in [-0.39, 0.29) is 31.3 Å². The van der Waals surface area contributed by atoms with E-state index in [0.29, 0.717) is 44.0 Å². The Bertz CT molecular complexity index is 863. The van der Waals surface area contributed by atoms with Gasteiger partial charge in [-0.3, -0.25) is 14.4 Å². The Morgan fingerprint density at radius 2 is 1.63 bits per heavy atom. The topological polar surface area (TPSA) is 84.9 Å². The highest BCUT2D eigenvalue weighted by molar-refractivity contribution is 6.04. The fourth-order valence-electron chi connectivity index (χ4n) is 3.14. The van der Waals surface area contributed by atoms with Gasteiger partial charge >= 0.3 is 5.97 Å². The van der Waals surface area contributed by atoms with Crippen molar-refractivity contribution in [2.45, 2.75) is 19.3 Å². The molecule has 0 atom stereocenters. The minimum atomic E-state index is -0.418. The van der Waals surface area contributed by atoms with Crippen molar-refractivity contribution in [1.82, 2.24) is 4.90 Å². The molecule has 0 spiro atoms. The third-order valence-electron chi connectivity index (χ3n) is 4.78. The van der Waals surface area contributed by atoms with E-state index < -0.39 is 5.97 Å². The fourth-order valence-corrected chi connectivity index (χ4v) is 3.14. The predicted octanol–water partition coefficient (Wildman–Crippen LogP) is 2.66. The van der Waals surface area contributed by atoms with Crippen molar-refractivity contribution in [2.24, 2.45) is 0 Å². The molecule has 2 aromatic rings. The van der Waals surface area contributed by atoms with Crippen LogP contribution in [-0.2, 0) is 25.5 Å². The minimum absolute atomic E-state index is 0.00967. The second kappa shape index (κ2) is 11.1. The molecule has 7 nitrogen and oxygen atoms in total. The summed E-state index contributed by atoms with van der Waals surface area (Å²) in [6, 6.07) is 16.6. The highest BCUT2D eigenvalue weighted by Gasteiger charge is 2.21. The first-order valence-electron chi connectivity index (χ1n) is 10.1. The van der Waals surface area contributed by atoms with Crippen molar-refractivity contribution in [3.63, 3.8) is 0 Å². The third-order valence-corrected chi connectivity index (χ3v) is 4.78. The van der Waals surface area contributed by atoms with Gasteiger partial charge < -0.3 is 19.7 Å². The van der Waals surface area contributed by atoms with E-state index in [4.69, 9.17) is 9.47 Å². The summed E-state index contributed by atoms with van der Waals surface area (Å²) in [5, 5.41) is 2.74. The number of benzene rings is 2. The molecular formula is C23H26N2O5. The molecule has 1 saturated heterocycles. The molecule has 7 heteroatoms. The Morgan fingerprint density at radius 3 is 2.40 bits per heavy atom. The van der Waals surface area contributed by atoms with Crippen LogP contribution >= 0.6 is 0 Å². The number of hydrogen-bond donors (Lipinski definition) is 1. The number of ether oxygens (including phenoxy) is 2. The number of anilines is 1. The van der Waals surface area contributed by atoms with Crippen LogP contribution in [0.25, 0.3) is 0 Å². The average molecular weight is 410 g/mol. The molecule has 0 radical (unpaired) electrons. The van der Waals surface area contributed by atoms with Gasteiger partial charge in [-0.25, -0.2) is 0 Å². The van der Waals surface area contributed by atoms with Gasteiger partial charge in [0.25, 0.3) is 5.91 Å². The van der Waals surface area contributed by atoms with Crippen molar-refractivity contribution < 1.29 is 23.9 Å². The third kappa shape index (κ3) is 6.42. The number of carbonyl (C=O) groups excluding carboxylic acids is 3. The Balaban J connectivity index is 1.45. The number of rotatable bonds is 8. The summed E-state index contributed by atoms with van der Waals surface area (Å²) in [6.07, 6.45) is 0.611. The van der Waals surface area contributed by atoms with Crippen molar-refractivity contribution in [1.29, 1.82) is 0 Å². The fraction of sp³-hybridized carbons (Fsp3) is 0.348. The second-order valence-corrected chi connectivity index (χ2v) is 6.95. The highest BCUT2D eigenvalue weighted by atomic mass is 16.5. The zero-order chi connectivity index (χ0) is 21.2. The standard InChI is InChI=1S/C23H26N2O5/c26-21(10-11-22(27)30-15-12-18-6-2-1-3-7-18)24-20-9-5-4-8-19(20)23(28)25-13-16-29-17-14-25/h1-9H,10-17H2,(H,24,26). The number of carbonyl (C=O) groups is 3. The zero-order valence-electron chi connectivity index (χ0n) is 16.8. The van der Waals surface area contributed by atoms with Crippen LogP contribution in [0.1, 0.15) is 28.8 Å². The van der Waals surface area contributed by atoms with Crippen LogP contribution in [0.15, 0.2) is 54.6 Å². The van der Waals surface area contributed by atoms with Crippen LogP contribution in [0.2, 0.25) is 0 Å². The molecule has 3 rings (SSSR count). The van der Waals surface area contributed by atoms with Crippen molar-refractivity contribution in [3.8, 4) is 0 Å². The number of hydrogen-bond acceptors (Lipinski definition) is 5. The minimum Gasteiger partial charge on any atom is -0.465 e. The molecule has 1 aliphatic rings. The van der Waals surface area contributed by atoms with E-state index in [0.717, 1.165) is 5.56 Å². The van der Waals surface area contributed by atoms with E-state index in [2.05, 4.69) is 5.32 Å². The van der Waals surface area contributed by atoms with Crippen molar-refractivity contribution in [2.75, 3.05) is 38.2 Å². The molecule has 0 unspecified atom stereocenters. The van der Waals surface area contributed by atoms with E-state index in [1.165, 1.54) is 0 Å². The normalized spacial score (nSPS) is 13.5. The first-order chi connectivity index (χ1) is 14.6. The van der Waals surface area contributed by atoms with E-state index >= 15 is 0 Å². The molecule has 2 amide bonds. The maximum absolute atomic E-state index is 12.7. The number of esters is 1. The lowest BCUT2D eigenvalue weighted by atomic mass is 10.1. The van der Waals surface area contributed by atoms with E-state index in [1.54, 1.807) is 29.2 Å². The average Bonchev–Trinajstić information content (AvgIpc) is 2.79. The van der Waals surface area contributed by atoms with Crippen LogP contribution in [-0.4, -0.2) is 55.6 Å². The molecule has 0 saturated carbocycles. The second-order valence-electron chi connectivity index (χ2n) is 6.95. The van der Waals surface area contributed by atoms with Crippen LogP contribution in [0, 0.1) is 0 Å². The summed E-state index contributed by atoms with van der Waals surface area (Å²) in [5.41, 5.74) is 1.96. The summed E-state index contributed by atoms with van der Waals surface area (Å²) in [4.78, 5) is 38.7. The molecule has 0 bridgehead atoms. The van der Waals surface area contributed by atoms with Gasteiger partial charge in [0.1, 0.15) is 0 Å². The van der Waals surface area contributed by atoms with Crippen molar-refractivity contribution in [3.05, 3.63) is 65.7 Å². The summed E-state index contributed by atoms with van der Waals surface area (Å²) >= 11 is 0. The lowest BCUT2D eigenvalue weighted by Crippen LogP contribution is -2.41. The van der Waals surface area contributed by atoms with Gasteiger partial charge in [-0.05, 0) is 17.7 Å². The number of morpholine rings is 1. The quantitative estimate of drug-likeness (QED) is 0.677. The summed E-state index contributed by atoms with van der Waals surface area (Å²) in [6.45, 7) is 2.34. The van der Waals surface area contributed by atoms with Gasteiger partial charge in [-0.15, -0.1) is 0 Å². The smallest absolute Gasteiger partial charge is 0.306 e. The van der Waals surface area contributed by atoms with E-state index in [9.17, 15) is 14.4 Å². The molecule has 2 aromatic carbocycles. The van der Waals surface area contributed by atoms with Crippen LogP contribution in [0.3, 0.4) is 0 Å². The summed E-state index contributed by atoms with van der Waals surface area (Å²) in [5.74, 6) is -0.898. The molecule has 0 aromatic heterocycles. The largest absolute Gasteiger partial charge is 0.465 e. The molecule has 0 aliphatic carbocycles. The SMILES string of the molecule is O=C(CCC(=O)OCCc1ccccc1)Nc1ccccc1C(=O)N1CCOCC1. The van der Waals surface area contributed by atoms with Gasteiger partial charge in [0.15, 0.2) is 0 Å². The van der Waals surface area contributed by atoms with Gasteiger partial charge in [0.05, 0.1) is 37.5 Å². The Kier molecular flexibility index (Phi) is 7.97. The summed E-state index contributed by atoms with van der Waals surface area (Å²) in [7, 11) is 0. The Labute approximate surface area is 176 Å². The molecule has 1 N–H and O–H groups in total. The highest BCUT2D eigenvalue weighted by Crippen LogP contribution is 2.18. The predicted molar refractivity (Wildman–Crippen MR) is 112 cm³/mol. The van der Waals surface area contributed by atoms with Gasteiger partial charge in [-0.2, -0.15) is 0 Å². The monoisotopic (exact) mass is 410 g/mol. The zero-order valence-corrected chi connectivity index (χ0v) is 16.8.